The van der Waals surface area contributed by atoms with E-state index in [-0.39, 0.29) is 24.0 Å². The number of thiophene rings is 1. The Morgan fingerprint density at radius 3 is 2.66 bits per heavy atom. The third-order valence-corrected chi connectivity index (χ3v) is 5.37. The van der Waals surface area contributed by atoms with Gasteiger partial charge >= 0.3 is 0 Å². The monoisotopic (exact) mass is 526 g/mol. The van der Waals surface area contributed by atoms with Crippen LogP contribution in [-0.2, 0) is 12.1 Å². The first kappa shape index (κ1) is 23.4. The van der Waals surface area contributed by atoms with Crippen molar-refractivity contribution >= 4 is 41.3 Å². The number of guanidine groups is 1. The number of hydrogen-bond acceptors (Lipinski definition) is 5. The maximum Gasteiger partial charge on any atom is 0.226 e. The van der Waals surface area contributed by atoms with Crippen LogP contribution >= 0.6 is 35.3 Å². The fraction of sp³-hybridized carbons (Fsp3) is 0.333. The third-order valence-electron chi connectivity index (χ3n) is 4.25. The van der Waals surface area contributed by atoms with Crippen molar-refractivity contribution in [3.63, 3.8) is 0 Å². The normalized spacial score (nSPS) is 13.4. The molecule has 2 heterocycles. The largest absolute Gasteiger partial charge is 0.444 e. The summed E-state index contributed by atoms with van der Waals surface area (Å²) in [6.45, 7) is 7.30. The molecule has 3 aromatic rings. The van der Waals surface area contributed by atoms with Gasteiger partial charge in [0.2, 0.25) is 5.89 Å². The number of rotatable bonds is 7. The van der Waals surface area contributed by atoms with Gasteiger partial charge in [0, 0.05) is 17.0 Å². The Morgan fingerprint density at radius 2 is 2.00 bits per heavy atom. The third kappa shape index (κ3) is 6.55. The average molecular weight is 526 g/mol. The SMILES string of the molecule is CCNC(=NCc1coc(-c2ccc(C)cc2)n1)NCC(C)(O)c1cccs1.I. The number of aliphatic imine (C=N–C) groups is 1. The molecule has 1 unspecified atom stereocenters. The minimum absolute atomic E-state index is 0. The van der Waals surface area contributed by atoms with Crippen molar-refractivity contribution in [2.24, 2.45) is 4.99 Å². The van der Waals surface area contributed by atoms with Gasteiger partial charge in [-0.1, -0.05) is 23.8 Å². The highest BCUT2D eigenvalue weighted by atomic mass is 127. The topological polar surface area (TPSA) is 82.7 Å². The van der Waals surface area contributed by atoms with Gasteiger partial charge in [-0.15, -0.1) is 35.3 Å². The van der Waals surface area contributed by atoms with Crippen LogP contribution in [0.5, 0.6) is 0 Å². The molecule has 0 saturated carbocycles. The van der Waals surface area contributed by atoms with E-state index in [1.165, 1.54) is 16.9 Å². The Balaban J connectivity index is 0.00000300. The minimum atomic E-state index is -0.961. The number of benzene rings is 1. The lowest BCUT2D eigenvalue weighted by molar-refractivity contribution is 0.0655. The molecule has 29 heavy (non-hydrogen) atoms. The maximum absolute atomic E-state index is 10.7. The lowest BCUT2D eigenvalue weighted by Crippen LogP contribution is -2.44. The quantitative estimate of drug-likeness (QED) is 0.243. The molecular formula is C21H27IN4O2S. The van der Waals surface area contributed by atoms with Crippen LogP contribution in [0.25, 0.3) is 11.5 Å². The number of halogens is 1. The van der Waals surface area contributed by atoms with E-state index in [9.17, 15) is 5.11 Å². The lowest BCUT2D eigenvalue weighted by Gasteiger charge is -2.23. The predicted octanol–water partition coefficient (Wildman–Crippen LogP) is 4.29. The summed E-state index contributed by atoms with van der Waals surface area (Å²) < 4.78 is 5.59. The van der Waals surface area contributed by atoms with Crippen molar-refractivity contribution in [3.05, 3.63) is 64.2 Å². The molecule has 3 N–H and O–H groups in total. The molecule has 156 valence electrons. The highest BCUT2D eigenvalue weighted by Gasteiger charge is 2.24. The smallest absolute Gasteiger partial charge is 0.226 e. The van der Waals surface area contributed by atoms with Crippen LogP contribution in [-0.4, -0.2) is 29.1 Å². The summed E-state index contributed by atoms with van der Waals surface area (Å²) in [5, 5.41) is 19.0. The number of hydrogen-bond donors (Lipinski definition) is 3. The number of aliphatic hydroxyl groups is 1. The molecule has 0 aliphatic heterocycles. The van der Waals surface area contributed by atoms with Gasteiger partial charge in [0.25, 0.3) is 0 Å². The Hall–Kier alpha value is -1.91. The summed E-state index contributed by atoms with van der Waals surface area (Å²) in [6, 6.07) is 11.9. The summed E-state index contributed by atoms with van der Waals surface area (Å²) in [6.07, 6.45) is 1.63. The zero-order chi connectivity index (χ0) is 20.0. The zero-order valence-corrected chi connectivity index (χ0v) is 20.0. The highest BCUT2D eigenvalue weighted by molar-refractivity contribution is 14.0. The molecule has 3 rings (SSSR count). The van der Waals surface area contributed by atoms with Gasteiger partial charge in [-0.3, -0.25) is 0 Å². The average Bonchev–Trinajstić information content (AvgIpc) is 3.37. The van der Waals surface area contributed by atoms with Gasteiger partial charge in [-0.2, -0.15) is 0 Å². The second kappa shape index (κ2) is 10.7. The zero-order valence-electron chi connectivity index (χ0n) is 16.8. The Morgan fingerprint density at radius 1 is 1.24 bits per heavy atom. The summed E-state index contributed by atoms with van der Waals surface area (Å²) in [5.41, 5.74) is 1.92. The predicted molar refractivity (Wildman–Crippen MR) is 129 cm³/mol. The van der Waals surface area contributed by atoms with Gasteiger partial charge < -0.3 is 20.2 Å². The van der Waals surface area contributed by atoms with Crippen LogP contribution < -0.4 is 10.6 Å². The molecule has 2 aromatic heterocycles. The first-order valence-electron chi connectivity index (χ1n) is 9.28. The van der Waals surface area contributed by atoms with Crippen LogP contribution in [0.15, 0.2) is 57.5 Å². The van der Waals surface area contributed by atoms with Crippen LogP contribution in [0.2, 0.25) is 0 Å². The summed E-state index contributed by atoms with van der Waals surface area (Å²) >= 11 is 1.53. The van der Waals surface area contributed by atoms with Crippen molar-refractivity contribution in [1.82, 2.24) is 15.6 Å². The van der Waals surface area contributed by atoms with E-state index in [0.29, 0.717) is 24.9 Å². The van der Waals surface area contributed by atoms with Crippen molar-refractivity contribution in [2.45, 2.75) is 32.9 Å². The molecule has 0 bridgehead atoms. The second-order valence-corrected chi connectivity index (χ2v) is 7.76. The number of nitrogens with zero attached hydrogens (tertiary/aromatic N) is 2. The number of nitrogens with one attached hydrogen (secondary N) is 2. The number of aromatic nitrogens is 1. The number of aryl methyl sites for hydroxylation is 1. The Labute approximate surface area is 192 Å². The van der Waals surface area contributed by atoms with Gasteiger partial charge in [0.05, 0.1) is 13.1 Å². The van der Waals surface area contributed by atoms with Crippen LogP contribution in [0.3, 0.4) is 0 Å². The maximum atomic E-state index is 10.7. The van der Waals surface area contributed by atoms with Crippen molar-refractivity contribution in [3.8, 4) is 11.5 Å². The molecule has 0 spiro atoms. The summed E-state index contributed by atoms with van der Waals surface area (Å²) in [5.74, 6) is 1.21. The number of oxazole rings is 1. The van der Waals surface area contributed by atoms with Crippen LogP contribution in [0.4, 0.5) is 0 Å². The Kier molecular flexibility index (Phi) is 8.66. The van der Waals surface area contributed by atoms with Crippen molar-refractivity contribution in [1.29, 1.82) is 0 Å². The summed E-state index contributed by atoms with van der Waals surface area (Å²) in [4.78, 5) is 9.98. The molecule has 0 amide bonds. The Bertz CT molecular complexity index is 905. The van der Waals surface area contributed by atoms with Crippen LogP contribution in [0, 0.1) is 6.92 Å². The second-order valence-electron chi connectivity index (χ2n) is 6.81. The highest BCUT2D eigenvalue weighted by Crippen LogP contribution is 2.24. The van der Waals surface area contributed by atoms with E-state index in [1.807, 2.05) is 55.6 Å². The van der Waals surface area contributed by atoms with Gasteiger partial charge in [0.1, 0.15) is 17.6 Å². The van der Waals surface area contributed by atoms with Gasteiger partial charge in [-0.25, -0.2) is 9.98 Å². The molecule has 0 fully saturated rings. The van der Waals surface area contributed by atoms with Gasteiger partial charge in [0.15, 0.2) is 5.96 Å². The van der Waals surface area contributed by atoms with E-state index in [1.54, 1.807) is 13.2 Å². The standard InChI is InChI=1S/C21H26N4O2S.HI/c1-4-22-20(24-14-21(3,26)18-6-5-11-28-18)23-12-17-13-27-19(25-17)16-9-7-15(2)8-10-16;/h5-11,13,26H,4,12,14H2,1-3H3,(H2,22,23,24);1H. The molecule has 1 aromatic carbocycles. The molecule has 1 atom stereocenters. The molecule has 6 nitrogen and oxygen atoms in total. The van der Waals surface area contributed by atoms with E-state index in [2.05, 4.69) is 20.6 Å². The van der Waals surface area contributed by atoms with Crippen LogP contribution in [0.1, 0.15) is 30.0 Å². The van der Waals surface area contributed by atoms with E-state index in [0.717, 1.165) is 22.7 Å². The minimum Gasteiger partial charge on any atom is -0.444 e. The molecule has 0 aliphatic rings. The molecule has 0 saturated heterocycles. The van der Waals surface area contributed by atoms with Crippen molar-refractivity contribution in [2.75, 3.05) is 13.1 Å². The van der Waals surface area contributed by atoms with Crippen molar-refractivity contribution < 1.29 is 9.52 Å². The fourth-order valence-corrected chi connectivity index (χ4v) is 3.43. The first-order valence-corrected chi connectivity index (χ1v) is 10.2. The van der Waals surface area contributed by atoms with E-state index in [4.69, 9.17) is 4.42 Å². The summed E-state index contributed by atoms with van der Waals surface area (Å²) in [7, 11) is 0. The molecule has 0 aliphatic carbocycles. The molecular weight excluding hydrogens is 499 g/mol. The molecule has 8 heteroatoms. The molecule has 0 radical (unpaired) electrons. The first-order chi connectivity index (χ1) is 13.5. The lowest BCUT2D eigenvalue weighted by atomic mass is 10.1. The van der Waals surface area contributed by atoms with E-state index >= 15 is 0 Å². The fourth-order valence-electron chi connectivity index (χ4n) is 2.64. The van der Waals surface area contributed by atoms with Gasteiger partial charge in [-0.05, 0) is 44.4 Å². The van der Waals surface area contributed by atoms with E-state index < -0.39 is 5.60 Å².